The monoisotopic (exact) mass is 241 g/mol. The topological polar surface area (TPSA) is 52.3 Å². The SMILES string of the molecule is Nc1cc(C(=O)OC2CCCC2)c(F)cc1F. The van der Waals surface area contributed by atoms with Gasteiger partial charge in [0.05, 0.1) is 11.3 Å². The van der Waals surface area contributed by atoms with E-state index in [-0.39, 0.29) is 17.4 Å². The third-order valence-corrected chi connectivity index (χ3v) is 2.88. The fourth-order valence-corrected chi connectivity index (χ4v) is 1.94. The number of carbonyl (C=O) groups excluding carboxylic acids is 1. The van der Waals surface area contributed by atoms with Crippen LogP contribution in [0.1, 0.15) is 36.0 Å². The zero-order valence-corrected chi connectivity index (χ0v) is 9.21. The van der Waals surface area contributed by atoms with Crippen molar-refractivity contribution in [2.45, 2.75) is 31.8 Å². The average molecular weight is 241 g/mol. The Labute approximate surface area is 97.6 Å². The molecule has 92 valence electrons. The van der Waals surface area contributed by atoms with E-state index in [0.717, 1.165) is 31.7 Å². The fraction of sp³-hybridized carbons (Fsp3) is 0.417. The lowest BCUT2D eigenvalue weighted by atomic mass is 10.2. The van der Waals surface area contributed by atoms with E-state index in [9.17, 15) is 13.6 Å². The molecule has 5 heteroatoms. The van der Waals surface area contributed by atoms with Gasteiger partial charge in [-0.1, -0.05) is 0 Å². The summed E-state index contributed by atoms with van der Waals surface area (Å²) in [4.78, 5) is 11.6. The summed E-state index contributed by atoms with van der Waals surface area (Å²) in [5, 5.41) is 0. The zero-order chi connectivity index (χ0) is 12.4. The molecule has 0 bridgehead atoms. The maximum absolute atomic E-state index is 13.4. The Balaban J connectivity index is 2.15. The number of esters is 1. The second kappa shape index (κ2) is 4.69. The second-order valence-corrected chi connectivity index (χ2v) is 4.17. The van der Waals surface area contributed by atoms with Crippen molar-refractivity contribution < 1.29 is 18.3 Å². The van der Waals surface area contributed by atoms with Crippen LogP contribution >= 0.6 is 0 Å². The molecule has 3 nitrogen and oxygen atoms in total. The molecular weight excluding hydrogens is 228 g/mol. The Morgan fingerprint density at radius 2 is 1.88 bits per heavy atom. The van der Waals surface area contributed by atoms with E-state index in [2.05, 4.69) is 0 Å². The first kappa shape index (κ1) is 11.8. The standard InChI is InChI=1S/C12H13F2NO2/c13-9-6-10(14)11(15)5-8(9)12(16)17-7-3-1-2-4-7/h5-7H,1-4,15H2. The van der Waals surface area contributed by atoms with Crippen LogP contribution in [0, 0.1) is 11.6 Å². The van der Waals surface area contributed by atoms with Crippen molar-refractivity contribution in [1.82, 2.24) is 0 Å². The molecule has 0 radical (unpaired) electrons. The van der Waals surface area contributed by atoms with E-state index in [1.165, 1.54) is 0 Å². The maximum atomic E-state index is 13.4. The molecule has 2 rings (SSSR count). The van der Waals surface area contributed by atoms with Crippen molar-refractivity contribution in [3.63, 3.8) is 0 Å². The number of hydrogen-bond donors (Lipinski definition) is 1. The normalized spacial score (nSPS) is 16.1. The zero-order valence-electron chi connectivity index (χ0n) is 9.21. The van der Waals surface area contributed by atoms with Crippen LogP contribution in [0.15, 0.2) is 12.1 Å². The fourth-order valence-electron chi connectivity index (χ4n) is 1.94. The Hall–Kier alpha value is -1.65. The largest absolute Gasteiger partial charge is 0.459 e. The molecule has 0 aromatic heterocycles. The molecule has 0 saturated heterocycles. The molecular formula is C12H13F2NO2. The van der Waals surface area contributed by atoms with Gasteiger partial charge in [-0.2, -0.15) is 0 Å². The van der Waals surface area contributed by atoms with Gasteiger partial charge in [-0.05, 0) is 31.7 Å². The third-order valence-electron chi connectivity index (χ3n) is 2.88. The van der Waals surface area contributed by atoms with Crippen molar-refractivity contribution in [3.8, 4) is 0 Å². The molecule has 0 heterocycles. The van der Waals surface area contributed by atoms with Gasteiger partial charge in [0.2, 0.25) is 0 Å². The van der Waals surface area contributed by atoms with Crippen molar-refractivity contribution in [2.75, 3.05) is 5.73 Å². The van der Waals surface area contributed by atoms with E-state index in [1.807, 2.05) is 0 Å². The maximum Gasteiger partial charge on any atom is 0.341 e. The number of hydrogen-bond acceptors (Lipinski definition) is 3. The smallest absolute Gasteiger partial charge is 0.341 e. The highest BCUT2D eigenvalue weighted by Crippen LogP contribution is 2.24. The molecule has 2 N–H and O–H groups in total. The molecule has 1 saturated carbocycles. The van der Waals surface area contributed by atoms with Gasteiger partial charge in [-0.3, -0.25) is 0 Å². The van der Waals surface area contributed by atoms with Crippen LogP contribution in [0.2, 0.25) is 0 Å². The molecule has 0 spiro atoms. The number of ether oxygens (including phenoxy) is 1. The molecule has 1 aliphatic rings. The van der Waals surface area contributed by atoms with Gasteiger partial charge < -0.3 is 10.5 Å². The van der Waals surface area contributed by atoms with Gasteiger partial charge in [0.15, 0.2) is 0 Å². The van der Waals surface area contributed by atoms with Gasteiger partial charge in [0.25, 0.3) is 0 Å². The van der Waals surface area contributed by atoms with Crippen LogP contribution in [0.3, 0.4) is 0 Å². The lowest BCUT2D eigenvalue weighted by Gasteiger charge is -2.12. The van der Waals surface area contributed by atoms with Gasteiger partial charge in [0.1, 0.15) is 17.7 Å². The van der Waals surface area contributed by atoms with Gasteiger partial charge >= 0.3 is 5.97 Å². The van der Waals surface area contributed by atoms with E-state index in [4.69, 9.17) is 10.5 Å². The first-order valence-electron chi connectivity index (χ1n) is 5.53. The summed E-state index contributed by atoms with van der Waals surface area (Å²) in [7, 11) is 0. The lowest BCUT2D eigenvalue weighted by Crippen LogP contribution is -2.16. The molecule has 1 fully saturated rings. The molecule has 1 aromatic rings. The summed E-state index contributed by atoms with van der Waals surface area (Å²) in [5.41, 5.74) is 4.72. The summed E-state index contributed by atoms with van der Waals surface area (Å²) < 4.78 is 31.4. The second-order valence-electron chi connectivity index (χ2n) is 4.17. The van der Waals surface area contributed by atoms with Crippen LogP contribution in [-0.4, -0.2) is 12.1 Å². The first-order valence-corrected chi connectivity index (χ1v) is 5.53. The molecule has 0 unspecified atom stereocenters. The van der Waals surface area contributed by atoms with Crippen molar-refractivity contribution in [1.29, 1.82) is 0 Å². The minimum absolute atomic E-state index is 0.159. The number of benzene rings is 1. The lowest BCUT2D eigenvalue weighted by molar-refractivity contribution is 0.0312. The highest BCUT2D eigenvalue weighted by atomic mass is 19.1. The summed E-state index contributed by atoms with van der Waals surface area (Å²) in [5.74, 6) is -2.60. The Kier molecular flexibility index (Phi) is 3.26. The predicted molar refractivity (Wildman–Crippen MR) is 58.4 cm³/mol. The number of halogens is 2. The van der Waals surface area contributed by atoms with E-state index >= 15 is 0 Å². The molecule has 17 heavy (non-hydrogen) atoms. The third kappa shape index (κ3) is 2.54. The van der Waals surface area contributed by atoms with Crippen LogP contribution in [-0.2, 0) is 4.74 Å². The predicted octanol–water partition coefficient (Wildman–Crippen LogP) is 2.65. The molecule has 1 aromatic carbocycles. The van der Waals surface area contributed by atoms with Gasteiger partial charge in [0, 0.05) is 6.07 Å². The summed E-state index contributed by atoms with van der Waals surface area (Å²) in [6, 6.07) is 1.57. The van der Waals surface area contributed by atoms with Crippen molar-refractivity contribution in [2.24, 2.45) is 0 Å². The average Bonchev–Trinajstić information content (AvgIpc) is 2.76. The molecule has 0 aliphatic heterocycles. The van der Waals surface area contributed by atoms with E-state index in [1.54, 1.807) is 0 Å². The minimum atomic E-state index is -0.945. The molecule has 0 amide bonds. The van der Waals surface area contributed by atoms with Crippen molar-refractivity contribution >= 4 is 11.7 Å². The van der Waals surface area contributed by atoms with Crippen LogP contribution in [0.25, 0.3) is 0 Å². The Morgan fingerprint density at radius 3 is 2.53 bits per heavy atom. The Bertz CT molecular complexity index is 442. The van der Waals surface area contributed by atoms with E-state index < -0.39 is 17.6 Å². The van der Waals surface area contributed by atoms with E-state index in [0.29, 0.717) is 6.07 Å². The number of nitrogens with two attached hydrogens (primary N) is 1. The highest BCUT2D eigenvalue weighted by Gasteiger charge is 2.22. The minimum Gasteiger partial charge on any atom is -0.459 e. The quantitative estimate of drug-likeness (QED) is 0.639. The Morgan fingerprint density at radius 1 is 1.24 bits per heavy atom. The number of anilines is 1. The van der Waals surface area contributed by atoms with Crippen LogP contribution < -0.4 is 5.73 Å². The number of carbonyl (C=O) groups is 1. The van der Waals surface area contributed by atoms with Crippen molar-refractivity contribution in [3.05, 3.63) is 29.3 Å². The van der Waals surface area contributed by atoms with Gasteiger partial charge in [-0.15, -0.1) is 0 Å². The summed E-state index contributed by atoms with van der Waals surface area (Å²) in [6.45, 7) is 0. The summed E-state index contributed by atoms with van der Waals surface area (Å²) in [6.07, 6.45) is 3.44. The van der Waals surface area contributed by atoms with Crippen LogP contribution in [0.4, 0.5) is 14.5 Å². The van der Waals surface area contributed by atoms with Crippen LogP contribution in [0.5, 0.6) is 0 Å². The molecule has 0 atom stereocenters. The number of rotatable bonds is 2. The first-order chi connectivity index (χ1) is 8.08. The molecule has 1 aliphatic carbocycles. The summed E-state index contributed by atoms with van der Waals surface area (Å²) >= 11 is 0. The highest BCUT2D eigenvalue weighted by molar-refractivity contribution is 5.90. The number of nitrogen functional groups attached to an aromatic ring is 1. The van der Waals surface area contributed by atoms with Gasteiger partial charge in [-0.25, -0.2) is 13.6 Å².